The van der Waals surface area contributed by atoms with Crippen molar-refractivity contribution in [3.8, 4) is 0 Å². The molecule has 19 heavy (non-hydrogen) atoms. The topological polar surface area (TPSA) is 69.0 Å². The molecule has 1 N–H and O–H groups in total. The molecule has 1 aromatic carbocycles. The molecule has 0 bridgehead atoms. The summed E-state index contributed by atoms with van der Waals surface area (Å²) in [6, 6.07) is 8.21. The van der Waals surface area contributed by atoms with Crippen molar-refractivity contribution in [2.75, 3.05) is 6.61 Å². The number of rotatable bonds is 8. The Kier molecular flexibility index (Phi) is 7.01. The first-order chi connectivity index (χ1) is 9.17. The van der Waals surface area contributed by atoms with Crippen LogP contribution >= 0.6 is 0 Å². The van der Waals surface area contributed by atoms with Gasteiger partial charge < -0.3 is 5.11 Å². The summed E-state index contributed by atoms with van der Waals surface area (Å²) in [6.07, 6.45) is 3.47. The Morgan fingerprint density at radius 2 is 1.89 bits per heavy atom. The average Bonchev–Trinajstić information content (AvgIpc) is 2.38. The molecule has 0 aromatic heterocycles. The van der Waals surface area contributed by atoms with E-state index in [1.54, 1.807) is 0 Å². The van der Waals surface area contributed by atoms with Gasteiger partial charge in [0.2, 0.25) is 0 Å². The van der Waals surface area contributed by atoms with Crippen LogP contribution in [0.5, 0.6) is 0 Å². The summed E-state index contributed by atoms with van der Waals surface area (Å²) in [5.74, 6) is 0.642. The van der Waals surface area contributed by atoms with Gasteiger partial charge in [-0.25, -0.2) is 0 Å². The Morgan fingerprint density at radius 1 is 1.21 bits per heavy atom. The average molecular weight is 261 g/mol. The Bertz CT molecular complexity index is 408. The highest BCUT2D eigenvalue weighted by Crippen LogP contribution is 2.24. The van der Waals surface area contributed by atoms with Gasteiger partial charge in [0.25, 0.3) is 0 Å². The lowest BCUT2D eigenvalue weighted by Gasteiger charge is -2.12. The molecule has 1 atom stereocenters. The van der Waals surface area contributed by atoms with Crippen LogP contribution in [0.25, 0.3) is 10.4 Å². The van der Waals surface area contributed by atoms with Crippen molar-refractivity contribution >= 4 is 0 Å². The van der Waals surface area contributed by atoms with Crippen LogP contribution in [-0.4, -0.2) is 11.7 Å². The number of unbranched alkanes of at least 4 members (excludes halogenated alkanes) is 1. The van der Waals surface area contributed by atoms with Gasteiger partial charge >= 0.3 is 0 Å². The van der Waals surface area contributed by atoms with Gasteiger partial charge in [-0.15, -0.1) is 0 Å². The van der Waals surface area contributed by atoms with Crippen molar-refractivity contribution in [1.82, 2.24) is 0 Å². The van der Waals surface area contributed by atoms with Crippen molar-refractivity contribution < 1.29 is 5.11 Å². The molecule has 1 rings (SSSR count). The third kappa shape index (κ3) is 5.77. The van der Waals surface area contributed by atoms with Gasteiger partial charge in [-0.05, 0) is 41.8 Å². The molecular weight excluding hydrogens is 238 g/mol. The van der Waals surface area contributed by atoms with Crippen LogP contribution in [0.4, 0.5) is 0 Å². The second-order valence-electron chi connectivity index (χ2n) is 5.28. The molecule has 0 saturated heterocycles. The summed E-state index contributed by atoms with van der Waals surface area (Å²) in [5, 5.41) is 12.7. The third-order valence-corrected chi connectivity index (χ3v) is 3.09. The minimum Gasteiger partial charge on any atom is -0.396 e. The fourth-order valence-electron chi connectivity index (χ4n) is 2.15. The van der Waals surface area contributed by atoms with Crippen LogP contribution in [0.2, 0.25) is 0 Å². The molecule has 0 amide bonds. The van der Waals surface area contributed by atoms with Crippen LogP contribution in [0.1, 0.15) is 50.3 Å². The van der Waals surface area contributed by atoms with Gasteiger partial charge in [0.15, 0.2) is 0 Å². The van der Waals surface area contributed by atoms with Crippen molar-refractivity contribution in [2.45, 2.75) is 45.6 Å². The Balaban J connectivity index is 2.70. The second kappa shape index (κ2) is 8.57. The molecule has 104 valence electrons. The lowest BCUT2D eigenvalue weighted by Crippen LogP contribution is -1.98. The SMILES string of the molecule is CC(C)Cc1ccc(C(CCCCO)N=[N+]=[N-])cc1. The van der Waals surface area contributed by atoms with Gasteiger partial charge in [-0.2, -0.15) is 0 Å². The molecule has 0 radical (unpaired) electrons. The van der Waals surface area contributed by atoms with Crippen LogP contribution in [0.15, 0.2) is 29.4 Å². The highest BCUT2D eigenvalue weighted by atomic mass is 16.2. The smallest absolute Gasteiger partial charge is 0.0625 e. The van der Waals surface area contributed by atoms with Gasteiger partial charge in [0, 0.05) is 11.5 Å². The number of hydrogen-bond donors (Lipinski definition) is 1. The largest absolute Gasteiger partial charge is 0.396 e. The van der Waals surface area contributed by atoms with Crippen molar-refractivity contribution in [1.29, 1.82) is 0 Å². The monoisotopic (exact) mass is 261 g/mol. The van der Waals surface area contributed by atoms with Gasteiger partial charge in [0.1, 0.15) is 0 Å². The predicted molar refractivity (Wildman–Crippen MR) is 77.8 cm³/mol. The quantitative estimate of drug-likeness (QED) is 0.320. The molecule has 4 heteroatoms. The molecule has 0 spiro atoms. The van der Waals surface area contributed by atoms with E-state index in [4.69, 9.17) is 10.6 Å². The Labute approximate surface area is 115 Å². The fourth-order valence-corrected chi connectivity index (χ4v) is 2.15. The first-order valence-electron chi connectivity index (χ1n) is 6.91. The summed E-state index contributed by atoms with van der Waals surface area (Å²) in [7, 11) is 0. The predicted octanol–water partition coefficient (Wildman–Crippen LogP) is 4.40. The van der Waals surface area contributed by atoms with E-state index in [0.717, 1.165) is 31.2 Å². The van der Waals surface area contributed by atoms with E-state index in [1.165, 1.54) is 5.56 Å². The molecule has 0 aliphatic carbocycles. The molecular formula is C15H23N3O. The van der Waals surface area contributed by atoms with Crippen LogP contribution in [-0.2, 0) is 6.42 Å². The molecule has 4 nitrogen and oxygen atoms in total. The summed E-state index contributed by atoms with van der Waals surface area (Å²) < 4.78 is 0. The highest BCUT2D eigenvalue weighted by molar-refractivity contribution is 5.25. The number of azide groups is 1. The molecule has 0 fully saturated rings. The summed E-state index contributed by atoms with van der Waals surface area (Å²) in [5.41, 5.74) is 11.0. The standard InChI is InChI=1S/C15H23N3O/c1-12(2)11-13-6-8-14(9-7-13)15(17-18-16)5-3-4-10-19/h6-9,12,15,19H,3-5,10-11H2,1-2H3. The van der Waals surface area contributed by atoms with Crippen LogP contribution in [0.3, 0.4) is 0 Å². The summed E-state index contributed by atoms with van der Waals surface area (Å²) in [6.45, 7) is 4.59. The van der Waals surface area contributed by atoms with E-state index >= 15 is 0 Å². The molecule has 1 aromatic rings. The van der Waals surface area contributed by atoms with Crippen molar-refractivity contribution in [3.05, 3.63) is 45.8 Å². The van der Waals surface area contributed by atoms with Crippen molar-refractivity contribution in [2.24, 2.45) is 11.0 Å². The second-order valence-corrected chi connectivity index (χ2v) is 5.28. The third-order valence-electron chi connectivity index (χ3n) is 3.09. The van der Waals surface area contributed by atoms with E-state index in [-0.39, 0.29) is 12.6 Å². The van der Waals surface area contributed by atoms with Crippen LogP contribution in [0, 0.1) is 5.92 Å². The zero-order chi connectivity index (χ0) is 14.1. The van der Waals surface area contributed by atoms with E-state index in [2.05, 4.69) is 48.1 Å². The van der Waals surface area contributed by atoms with Gasteiger partial charge in [-0.1, -0.05) is 49.6 Å². The molecule has 0 aliphatic heterocycles. The van der Waals surface area contributed by atoms with E-state index < -0.39 is 0 Å². The summed E-state index contributed by atoms with van der Waals surface area (Å²) >= 11 is 0. The lowest BCUT2D eigenvalue weighted by atomic mass is 9.97. The molecule has 0 saturated carbocycles. The number of nitrogens with zero attached hydrogens (tertiary/aromatic N) is 3. The number of aliphatic hydroxyl groups excluding tert-OH is 1. The number of benzene rings is 1. The molecule has 1 unspecified atom stereocenters. The number of aliphatic hydroxyl groups is 1. The first kappa shape index (κ1) is 15.5. The fraction of sp³-hybridized carbons (Fsp3) is 0.600. The van der Waals surface area contributed by atoms with E-state index in [1.807, 2.05) is 0 Å². The maximum Gasteiger partial charge on any atom is 0.0625 e. The zero-order valence-electron chi connectivity index (χ0n) is 11.8. The lowest BCUT2D eigenvalue weighted by molar-refractivity contribution is 0.281. The minimum absolute atomic E-state index is 0.121. The van der Waals surface area contributed by atoms with E-state index in [0.29, 0.717) is 5.92 Å². The summed E-state index contributed by atoms with van der Waals surface area (Å²) in [4.78, 5) is 2.92. The van der Waals surface area contributed by atoms with Crippen molar-refractivity contribution in [3.63, 3.8) is 0 Å². The van der Waals surface area contributed by atoms with Gasteiger partial charge in [-0.3, -0.25) is 0 Å². The maximum absolute atomic E-state index is 8.80. The van der Waals surface area contributed by atoms with Gasteiger partial charge in [0.05, 0.1) is 6.04 Å². The maximum atomic E-state index is 8.80. The number of hydrogen-bond acceptors (Lipinski definition) is 2. The normalized spacial score (nSPS) is 12.2. The zero-order valence-corrected chi connectivity index (χ0v) is 11.8. The highest BCUT2D eigenvalue weighted by Gasteiger charge is 2.09. The molecule has 0 heterocycles. The van der Waals surface area contributed by atoms with Crippen LogP contribution < -0.4 is 0 Å². The first-order valence-corrected chi connectivity index (χ1v) is 6.91. The van der Waals surface area contributed by atoms with E-state index in [9.17, 15) is 0 Å². The Hall–Kier alpha value is -1.51. The Morgan fingerprint density at radius 3 is 2.42 bits per heavy atom. The minimum atomic E-state index is -0.121. The molecule has 0 aliphatic rings.